The van der Waals surface area contributed by atoms with E-state index in [2.05, 4.69) is 5.32 Å². The molecule has 0 amide bonds. The van der Waals surface area contributed by atoms with Gasteiger partial charge in [0.2, 0.25) is 0 Å². The summed E-state index contributed by atoms with van der Waals surface area (Å²) in [6, 6.07) is 5.58. The quantitative estimate of drug-likeness (QED) is 0.835. The Balaban J connectivity index is 2.64. The van der Waals surface area contributed by atoms with Crippen LogP contribution in [0, 0.1) is 6.92 Å². The van der Waals surface area contributed by atoms with E-state index in [-0.39, 0.29) is 0 Å². The molecule has 0 fully saturated rings. The van der Waals surface area contributed by atoms with Crippen molar-refractivity contribution in [1.82, 2.24) is 0 Å². The number of aryl methyl sites for hydroxylation is 1. The molecule has 1 N–H and O–H groups in total. The second kappa shape index (κ2) is 5.00. The van der Waals surface area contributed by atoms with Gasteiger partial charge in [-0.05, 0) is 25.5 Å². The molecule has 1 heterocycles. The minimum absolute atomic E-state index is 0.359. The maximum Gasteiger partial charge on any atom is 0.338 e. The smallest absolute Gasteiger partial charge is 0.338 e. The number of fused-ring (bicyclic) bond motifs is 1. The highest BCUT2D eigenvalue weighted by atomic mass is 16.5. The van der Waals surface area contributed by atoms with E-state index in [1.165, 1.54) is 14.2 Å². The molecule has 1 atom stereocenters. The lowest BCUT2D eigenvalue weighted by Crippen LogP contribution is -2.45. The molecule has 1 unspecified atom stereocenters. The first-order valence-corrected chi connectivity index (χ1v) is 6.20. The summed E-state index contributed by atoms with van der Waals surface area (Å²) < 4.78 is 9.62. The summed E-state index contributed by atoms with van der Waals surface area (Å²) >= 11 is 0. The van der Waals surface area contributed by atoms with Crippen molar-refractivity contribution in [3.8, 4) is 0 Å². The number of hydrogen-bond donors (Lipinski definition) is 1. The van der Waals surface area contributed by atoms with E-state index >= 15 is 0 Å². The number of hydrogen-bond acceptors (Lipinski definition) is 5. The van der Waals surface area contributed by atoms with Crippen LogP contribution in [-0.2, 0) is 19.1 Å². The normalized spacial score (nSPS) is 20.3. The zero-order valence-electron chi connectivity index (χ0n) is 11.9. The van der Waals surface area contributed by atoms with E-state index in [0.29, 0.717) is 5.57 Å². The van der Waals surface area contributed by atoms with Crippen LogP contribution in [0.4, 0.5) is 5.69 Å². The number of carbonyl (C=O) groups is 2. The predicted molar refractivity (Wildman–Crippen MR) is 75.2 cm³/mol. The largest absolute Gasteiger partial charge is 0.467 e. The molecule has 1 aliphatic rings. The van der Waals surface area contributed by atoms with Crippen LogP contribution < -0.4 is 5.32 Å². The Bertz CT molecular complexity index is 606. The molecule has 5 nitrogen and oxygen atoms in total. The lowest BCUT2D eigenvalue weighted by atomic mass is 9.87. The third kappa shape index (κ3) is 2.15. The Labute approximate surface area is 117 Å². The summed E-state index contributed by atoms with van der Waals surface area (Å²) in [4.78, 5) is 24.0. The molecule has 0 aliphatic carbocycles. The van der Waals surface area contributed by atoms with Gasteiger partial charge in [0, 0.05) is 11.3 Å². The minimum atomic E-state index is -1.10. The second-order valence-corrected chi connectivity index (χ2v) is 4.87. The molecule has 0 spiro atoms. The third-order valence-electron chi connectivity index (χ3n) is 3.40. The Kier molecular flexibility index (Phi) is 3.53. The number of nitrogens with one attached hydrogen (secondary N) is 1. The van der Waals surface area contributed by atoms with Crippen molar-refractivity contribution in [2.45, 2.75) is 19.4 Å². The molecular weight excluding hydrogens is 258 g/mol. The maximum absolute atomic E-state index is 12.0. The summed E-state index contributed by atoms with van der Waals surface area (Å²) in [7, 11) is 2.63. The van der Waals surface area contributed by atoms with Gasteiger partial charge in [-0.25, -0.2) is 9.59 Å². The number of anilines is 1. The van der Waals surface area contributed by atoms with Crippen molar-refractivity contribution in [3.63, 3.8) is 0 Å². The minimum Gasteiger partial charge on any atom is -0.467 e. The first-order valence-electron chi connectivity index (χ1n) is 6.20. The molecule has 1 aromatic carbocycles. The summed E-state index contributed by atoms with van der Waals surface area (Å²) in [6.07, 6.45) is 1.55. The molecule has 20 heavy (non-hydrogen) atoms. The lowest BCUT2D eigenvalue weighted by Gasteiger charge is -2.33. The number of carbonyl (C=O) groups excluding carboxylic acids is 2. The molecule has 1 aromatic rings. The van der Waals surface area contributed by atoms with Gasteiger partial charge in [-0.1, -0.05) is 18.2 Å². The fourth-order valence-corrected chi connectivity index (χ4v) is 2.32. The molecule has 0 saturated heterocycles. The Morgan fingerprint density at radius 1 is 1.20 bits per heavy atom. The maximum atomic E-state index is 12.0. The number of ether oxygens (including phenoxy) is 2. The molecule has 5 heteroatoms. The highest BCUT2D eigenvalue weighted by Crippen LogP contribution is 2.37. The van der Waals surface area contributed by atoms with Crippen molar-refractivity contribution >= 4 is 23.2 Å². The van der Waals surface area contributed by atoms with Gasteiger partial charge < -0.3 is 14.8 Å². The SMILES string of the molecule is COC(=O)C1=CC(C)(C(=O)OC)Nc2c(C)cccc21. The number of methoxy groups -OCH3 is 2. The Hall–Kier alpha value is -2.30. The average molecular weight is 275 g/mol. The van der Waals surface area contributed by atoms with Gasteiger partial charge in [-0.2, -0.15) is 0 Å². The van der Waals surface area contributed by atoms with Gasteiger partial charge in [-0.15, -0.1) is 0 Å². The first-order chi connectivity index (χ1) is 9.42. The van der Waals surface area contributed by atoms with Gasteiger partial charge in [-0.3, -0.25) is 0 Å². The van der Waals surface area contributed by atoms with Crippen molar-refractivity contribution in [1.29, 1.82) is 0 Å². The zero-order chi connectivity index (χ0) is 14.9. The topological polar surface area (TPSA) is 64.6 Å². The number of esters is 2. The molecule has 0 bridgehead atoms. The number of rotatable bonds is 2. The van der Waals surface area contributed by atoms with Crippen LogP contribution in [0.25, 0.3) is 5.57 Å². The zero-order valence-corrected chi connectivity index (χ0v) is 11.9. The number of benzene rings is 1. The van der Waals surface area contributed by atoms with Crippen molar-refractivity contribution < 1.29 is 19.1 Å². The molecule has 2 rings (SSSR count). The standard InChI is InChI=1S/C15H17NO4/c1-9-6-5-7-10-11(13(17)19-3)8-15(2,14(18)20-4)16-12(9)10/h5-8,16H,1-4H3. The van der Waals surface area contributed by atoms with E-state index in [0.717, 1.165) is 16.8 Å². The van der Waals surface area contributed by atoms with Gasteiger partial charge in [0.1, 0.15) is 0 Å². The summed E-state index contributed by atoms with van der Waals surface area (Å²) in [5, 5.41) is 3.14. The highest BCUT2D eigenvalue weighted by molar-refractivity contribution is 6.20. The fourth-order valence-electron chi connectivity index (χ4n) is 2.32. The third-order valence-corrected chi connectivity index (χ3v) is 3.40. The summed E-state index contributed by atoms with van der Waals surface area (Å²) in [5.41, 5.74) is 1.66. The predicted octanol–water partition coefficient (Wildman–Crippen LogP) is 1.91. The average Bonchev–Trinajstić information content (AvgIpc) is 2.45. The van der Waals surface area contributed by atoms with Gasteiger partial charge in [0.05, 0.1) is 19.8 Å². The van der Waals surface area contributed by atoms with Crippen LogP contribution >= 0.6 is 0 Å². The van der Waals surface area contributed by atoms with Crippen molar-refractivity contribution in [2.75, 3.05) is 19.5 Å². The van der Waals surface area contributed by atoms with Crippen molar-refractivity contribution in [3.05, 3.63) is 35.4 Å². The van der Waals surface area contributed by atoms with Crippen LogP contribution in [0.1, 0.15) is 18.1 Å². The summed E-state index contributed by atoms with van der Waals surface area (Å²) in [5.74, 6) is -0.943. The Morgan fingerprint density at radius 3 is 2.50 bits per heavy atom. The first kappa shape index (κ1) is 14.1. The van der Waals surface area contributed by atoms with Crippen LogP contribution in [-0.4, -0.2) is 31.7 Å². The van der Waals surface area contributed by atoms with Gasteiger partial charge in [0.15, 0.2) is 5.54 Å². The van der Waals surface area contributed by atoms with E-state index in [1.807, 2.05) is 25.1 Å². The van der Waals surface area contributed by atoms with E-state index in [4.69, 9.17) is 9.47 Å². The highest BCUT2D eigenvalue weighted by Gasteiger charge is 2.39. The van der Waals surface area contributed by atoms with E-state index < -0.39 is 17.5 Å². The molecule has 106 valence electrons. The Morgan fingerprint density at radius 2 is 1.90 bits per heavy atom. The van der Waals surface area contributed by atoms with Crippen molar-refractivity contribution in [2.24, 2.45) is 0 Å². The van der Waals surface area contributed by atoms with Gasteiger partial charge in [0.25, 0.3) is 0 Å². The summed E-state index contributed by atoms with van der Waals surface area (Å²) in [6.45, 7) is 3.57. The molecule has 0 saturated carbocycles. The van der Waals surface area contributed by atoms with Crippen LogP contribution in [0.3, 0.4) is 0 Å². The van der Waals surface area contributed by atoms with E-state index in [9.17, 15) is 9.59 Å². The van der Waals surface area contributed by atoms with Crippen LogP contribution in [0.5, 0.6) is 0 Å². The van der Waals surface area contributed by atoms with Crippen LogP contribution in [0.15, 0.2) is 24.3 Å². The lowest BCUT2D eigenvalue weighted by molar-refractivity contribution is -0.143. The second-order valence-electron chi connectivity index (χ2n) is 4.87. The molecule has 0 radical (unpaired) electrons. The van der Waals surface area contributed by atoms with Crippen LogP contribution in [0.2, 0.25) is 0 Å². The number of para-hydroxylation sites is 1. The monoisotopic (exact) mass is 275 g/mol. The molecular formula is C15H17NO4. The van der Waals surface area contributed by atoms with Gasteiger partial charge >= 0.3 is 11.9 Å². The van der Waals surface area contributed by atoms with E-state index in [1.54, 1.807) is 13.0 Å². The fraction of sp³-hybridized carbons (Fsp3) is 0.333. The molecule has 1 aliphatic heterocycles. The molecule has 0 aromatic heterocycles.